The van der Waals surface area contributed by atoms with Crippen molar-refractivity contribution in [1.82, 2.24) is 14.9 Å². The highest BCUT2D eigenvalue weighted by Gasteiger charge is 2.14. The van der Waals surface area contributed by atoms with E-state index in [1.807, 2.05) is 13.1 Å². The molecular weight excluding hydrogens is 511 g/mol. The fourth-order valence-electron chi connectivity index (χ4n) is 3.99. The first-order valence-electron chi connectivity index (χ1n) is 11.0. The molecule has 0 saturated carbocycles. The molecule has 1 saturated heterocycles. The Bertz CT molecular complexity index is 1050. The van der Waals surface area contributed by atoms with Crippen molar-refractivity contribution < 1.29 is 0 Å². The minimum absolute atomic E-state index is 0.586. The van der Waals surface area contributed by atoms with Crippen LogP contribution in [0, 0.1) is 20.8 Å². The summed E-state index contributed by atoms with van der Waals surface area (Å²) >= 11 is 2.42. The number of benzene rings is 2. The van der Waals surface area contributed by atoms with Gasteiger partial charge < -0.3 is 20.4 Å². The van der Waals surface area contributed by atoms with Crippen LogP contribution in [0.4, 0.5) is 28.8 Å². The first-order valence-corrected chi connectivity index (χ1v) is 12.5. The van der Waals surface area contributed by atoms with Crippen molar-refractivity contribution in [3.63, 3.8) is 0 Å². The Labute approximate surface area is 204 Å². The average Bonchev–Trinajstić information content (AvgIpc) is 2.77. The molecule has 0 aliphatic carbocycles. The van der Waals surface area contributed by atoms with Gasteiger partial charge in [0.2, 0.25) is 5.95 Å². The van der Waals surface area contributed by atoms with Crippen LogP contribution in [0.25, 0.3) is 0 Å². The summed E-state index contributed by atoms with van der Waals surface area (Å²) in [7, 11) is 2.18. The lowest BCUT2D eigenvalue weighted by Crippen LogP contribution is -2.44. The Hall–Kier alpha value is -2.39. The van der Waals surface area contributed by atoms with Crippen molar-refractivity contribution in [1.29, 1.82) is 0 Å². The molecule has 0 spiro atoms. The van der Waals surface area contributed by atoms with Crippen molar-refractivity contribution in [3.05, 3.63) is 64.8 Å². The maximum absolute atomic E-state index is 4.73. The molecular formula is C25H31IN6. The molecule has 1 aliphatic rings. The second-order valence-corrected chi connectivity index (χ2v) is 9.30. The van der Waals surface area contributed by atoms with E-state index in [4.69, 9.17) is 4.98 Å². The largest absolute Gasteiger partial charge is 0.369 e. The first-order chi connectivity index (χ1) is 15.4. The number of hydrogen-bond acceptors (Lipinski definition) is 6. The SMILES string of the molecule is Cc1cnc(Nc2ccc(N3CCN(C)CC3)cc2)nc1Nc1cc(C)c(CI)c(C)c1. The predicted molar refractivity (Wildman–Crippen MR) is 143 cm³/mol. The van der Waals surface area contributed by atoms with Gasteiger partial charge in [-0.25, -0.2) is 4.98 Å². The monoisotopic (exact) mass is 542 g/mol. The summed E-state index contributed by atoms with van der Waals surface area (Å²) in [6.07, 6.45) is 1.86. The zero-order chi connectivity index (χ0) is 22.7. The maximum atomic E-state index is 4.73. The molecule has 0 amide bonds. The van der Waals surface area contributed by atoms with Crippen LogP contribution in [0.2, 0.25) is 0 Å². The quantitative estimate of drug-likeness (QED) is 0.314. The third-order valence-corrected chi connectivity index (χ3v) is 6.82. The highest BCUT2D eigenvalue weighted by molar-refractivity contribution is 14.1. The van der Waals surface area contributed by atoms with Gasteiger partial charge in [-0.1, -0.05) is 22.6 Å². The third-order valence-electron chi connectivity index (χ3n) is 6.06. The van der Waals surface area contributed by atoms with Gasteiger partial charge in [0.05, 0.1) is 0 Å². The molecule has 6 nitrogen and oxygen atoms in total. The molecule has 4 rings (SSSR count). The second kappa shape index (κ2) is 10.0. The summed E-state index contributed by atoms with van der Waals surface area (Å²) in [5.41, 5.74) is 8.30. The molecule has 2 aromatic carbocycles. The standard InChI is InChI=1S/C25H31IN6/c1-17-13-21(14-18(2)23(17)15-26)28-24-19(3)16-27-25(30-24)29-20-5-7-22(8-6-20)32-11-9-31(4)10-12-32/h5-8,13-14,16H,9-12,15H2,1-4H3,(H2,27,28,29,30). The third kappa shape index (κ3) is 5.32. The lowest BCUT2D eigenvalue weighted by molar-refractivity contribution is 0.313. The van der Waals surface area contributed by atoms with Crippen LogP contribution in [-0.4, -0.2) is 48.1 Å². The van der Waals surface area contributed by atoms with Crippen LogP contribution in [0.5, 0.6) is 0 Å². The van der Waals surface area contributed by atoms with E-state index in [1.54, 1.807) is 0 Å². The van der Waals surface area contributed by atoms with E-state index in [-0.39, 0.29) is 0 Å². The predicted octanol–water partition coefficient (Wildman–Crippen LogP) is 5.58. The molecule has 32 heavy (non-hydrogen) atoms. The fraction of sp³-hybridized carbons (Fsp3) is 0.360. The Morgan fingerprint density at radius 1 is 0.875 bits per heavy atom. The molecule has 0 unspecified atom stereocenters. The number of piperazine rings is 1. The van der Waals surface area contributed by atoms with Crippen LogP contribution in [0.3, 0.4) is 0 Å². The van der Waals surface area contributed by atoms with Crippen molar-refractivity contribution in [2.24, 2.45) is 0 Å². The summed E-state index contributed by atoms with van der Waals surface area (Å²) in [6.45, 7) is 10.7. The number of alkyl halides is 1. The average molecular weight is 542 g/mol. The van der Waals surface area contributed by atoms with Gasteiger partial charge in [-0.3, -0.25) is 0 Å². The molecule has 7 heteroatoms. The number of nitrogens with zero attached hydrogens (tertiary/aromatic N) is 4. The van der Waals surface area contributed by atoms with E-state index in [1.165, 1.54) is 22.4 Å². The topological polar surface area (TPSA) is 56.3 Å². The minimum atomic E-state index is 0.586. The van der Waals surface area contributed by atoms with E-state index in [2.05, 4.69) is 105 Å². The van der Waals surface area contributed by atoms with Crippen LogP contribution in [-0.2, 0) is 4.43 Å². The van der Waals surface area contributed by atoms with E-state index in [0.29, 0.717) is 5.95 Å². The van der Waals surface area contributed by atoms with Gasteiger partial charge in [0.25, 0.3) is 0 Å². The number of nitrogens with one attached hydrogen (secondary N) is 2. The van der Waals surface area contributed by atoms with Gasteiger partial charge in [-0.2, -0.15) is 4.98 Å². The molecule has 1 fully saturated rings. The molecule has 2 heterocycles. The second-order valence-electron chi connectivity index (χ2n) is 8.53. The van der Waals surface area contributed by atoms with Gasteiger partial charge >= 0.3 is 0 Å². The first kappa shape index (κ1) is 22.8. The zero-order valence-corrected chi connectivity index (χ0v) is 21.4. The molecule has 1 aromatic heterocycles. The summed E-state index contributed by atoms with van der Waals surface area (Å²) in [6, 6.07) is 12.9. The number of aromatic nitrogens is 2. The van der Waals surface area contributed by atoms with Crippen LogP contribution in [0.15, 0.2) is 42.6 Å². The Morgan fingerprint density at radius 2 is 1.53 bits per heavy atom. The fourth-order valence-corrected chi connectivity index (χ4v) is 5.19. The van der Waals surface area contributed by atoms with Gasteiger partial charge in [-0.05, 0) is 80.9 Å². The normalized spacial score (nSPS) is 14.5. The van der Waals surface area contributed by atoms with E-state index < -0.39 is 0 Å². The van der Waals surface area contributed by atoms with Crippen molar-refractivity contribution in [2.75, 3.05) is 48.8 Å². The molecule has 3 aromatic rings. The molecule has 2 N–H and O–H groups in total. The molecule has 1 aliphatic heterocycles. The highest BCUT2D eigenvalue weighted by Crippen LogP contribution is 2.27. The smallest absolute Gasteiger partial charge is 0.229 e. The lowest BCUT2D eigenvalue weighted by atomic mass is 10.0. The summed E-state index contributed by atoms with van der Waals surface area (Å²) in [5, 5.41) is 6.83. The van der Waals surface area contributed by atoms with Crippen molar-refractivity contribution >= 4 is 51.4 Å². The van der Waals surface area contributed by atoms with Crippen molar-refractivity contribution in [3.8, 4) is 0 Å². The van der Waals surface area contributed by atoms with E-state index in [9.17, 15) is 0 Å². The summed E-state index contributed by atoms with van der Waals surface area (Å²) < 4.78 is 1.02. The Balaban J connectivity index is 1.47. The van der Waals surface area contributed by atoms with Crippen LogP contribution in [0.1, 0.15) is 22.3 Å². The van der Waals surface area contributed by atoms with E-state index >= 15 is 0 Å². The molecule has 0 bridgehead atoms. The minimum Gasteiger partial charge on any atom is -0.369 e. The number of aryl methyl sites for hydroxylation is 3. The van der Waals surface area contributed by atoms with Gasteiger partial charge in [0.15, 0.2) is 0 Å². The molecule has 0 radical (unpaired) electrons. The van der Waals surface area contributed by atoms with Crippen LogP contribution >= 0.6 is 22.6 Å². The molecule has 0 atom stereocenters. The number of anilines is 5. The Morgan fingerprint density at radius 3 is 2.16 bits per heavy atom. The van der Waals surface area contributed by atoms with Gasteiger partial charge in [0, 0.05) is 59.4 Å². The highest BCUT2D eigenvalue weighted by atomic mass is 127. The number of rotatable bonds is 6. The van der Waals surface area contributed by atoms with Gasteiger partial charge in [0.1, 0.15) is 5.82 Å². The van der Waals surface area contributed by atoms with Crippen molar-refractivity contribution in [2.45, 2.75) is 25.2 Å². The number of hydrogen-bond donors (Lipinski definition) is 2. The lowest BCUT2D eigenvalue weighted by Gasteiger charge is -2.34. The van der Waals surface area contributed by atoms with E-state index in [0.717, 1.165) is 53.4 Å². The zero-order valence-electron chi connectivity index (χ0n) is 19.2. The number of likely N-dealkylation sites (N-methyl/N-ethyl adjacent to an activating group) is 1. The summed E-state index contributed by atoms with van der Waals surface area (Å²) in [5.74, 6) is 1.40. The summed E-state index contributed by atoms with van der Waals surface area (Å²) in [4.78, 5) is 14.0. The number of halogens is 1. The Kier molecular flexibility index (Phi) is 7.15. The maximum Gasteiger partial charge on any atom is 0.229 e. The molecule has 168 valence electrons. The van der Waals surface area contributed by atoms with Crippen LogP contribution < -0.4 is 15.5 Å². The van der Waals surface area contributed by atoms with Gasteiger partial charge in [-0.15, -0.1) is 0 Å².